The molecular weight excluding hydrogens is 264 g/mol. The van der Waals surface area contributed by atoms with Crippen molar-refractivity contribution in [1.29, 1.82) is 0 Å². The van der Waals surface area contributed by atoms with Gasteiger partial charge in [-0.25, -0.2) is 0 Å². The molecule has 1 saturated carbocycles. The molecule has 0 aliphatic heterocycles. The Morgan fingerprint density at radius 1 is 1.29 bits per heavy atom. The number of carbonyl (C=O) groups excluding carboxylic acids is 1. The molecule has 4 nitrogen and oxygen atoms in total. The molecule has 0 aromatic heterocycles. The van der Waals surface area contributed by atoms with Crippen molar-refractivity contribution >= 4 is 5.97 Å². The first-order valence-corrected chi connectivity index (χ1v) is 7.59. The normalized spacial score (nSPS) is 22.0. The number of esters is 1. The molecule has 0 bridgehead atoms. The van der Waals surface area contributed by atoms with Gasteiger partial charge in [-0.2, -0.15) is 0 Å². The Balaban J connectivity index is 1.97. The minimum Gasteiger partial charge on any atom is -0.459 e. The summed E-state index contributed by atoms with van der Waals surface area (Å²) in [7, 11) is 0. The molecule has 0 spiro atoms. The highest BCUT2D eigenvalue weighted by molar-refractivity contribution is 5.72. The number of hydrogen-bond acceptors (Lipinski definition) is 4. The van der Waals surface area contributed by atoms with Crippen LogP contribution < -0.4 is 5.73 Å². The van der Waals surface area contributed by atoms with Crippen molar-refractivity contribution in [3.63, 3.8) is 0 Å². The number of nitrogens with two attached hydrogens (primary N) is 1. The first-order chi connectivity index (χ1) is 9.83. The maximum atomic E-state index is 12.1. The number of ether oxygens (including phenoxy) is 1. The molecule has 116 valence electrons. The molecule has 21 heavy (non-hydrogen) atoms. The van der Waals surface area contributed by atoms with E-state index in [0.717, 1.165) is 19.4 Å². The largest absolute Gasteiger partial charge is 0.459 e. The van der Waals surface area contributed by atoms with Crippen LogP contribution in [0.4, 0.5) is 0 Å². The Kier molecular flexibility index (Phi) is 5.01. The molecule has 1 fully saturated rings. The van der Waals surface area contributed by atoms with Crippen LogP contribution in [-0.2, 0) is 16.1 Å². The fourth-order valence-electron chi connectivity index (χ4n) is 2.60. The second kappa shape index (κ2) is 6.58. The van der Waals surface area contributed by atoms with E-state index in [1.165, 1.54) is 5.56 Å². The van der Waals surface area contributed by atoms with E-state index in [4.69, 9.17) is 10.5 Å². The van der Waals surface area contributed by atoms with E-state index < -0.39 is 5.60 Å². The SMILES string of the molecule is CC(C)(C)OC(=O)CN(Cc1ccccc1)C1CC(N)C1. The number of rotatable bonds is 5. The van der Waals surface area contributed by atoms with E-state index in [0.29, 0.717) is 12.6 Å². The van der Waals surface area contributed by atoms with Gasteiger partial charge in [0.25, 0.3) is 0 Å². The molecule has 0 radical (unpaired) electrons. The monoisotopic (exact) mass is 290 g/mol. The van der Waals surface area contributed by atoms with Gasteiger partial charge < -0.3 is 10.5 Å². The molecule has 2 N–H and O–H groups in total. The zero-order valence-corrected chi connectivity index (χ0v) is 13.2. The van der Waals surface area contributed by atoms with E-state index in [9.17, 15) is 4.79 Å². The average molecular weight is 290 g/mol. The lowest BCUT2D eigenvalue weighted by molar-refractivity contribution is -0.157. The predicted molar refractivity (Wildman–Crippen MR) is 83.7 cm³/mol. The highest BCUT2D eigenvalue weighted by Crippen LogP contribution is 2.25. The molecule has 0 unspecified atom stereocenters. The van der Waals surface area contributed by atoms with Gasteiger partial charge in [-0.05, 0) is 39.2 Å². The van der Waals surface area contributed by atoms with E-state index >= 15 is 0 Å². The van der Waals surface area contributed by atoms with Crippen LogP contribution in [0.5, 0.6) is 0 Å². The Labute approximate surface area is 127 Å². The molecule has 1 aliphatic rings. The molecule has 4 heteroatoms. The van der Waals surface area contributed by atoms with Crippen molar-refractivity contribution < 1.29 is 9.53 Å². The van der Waals surface area contributed by atoms with Gasteiger partial charge in [0.1, 0.15) is 5.60 Å². The molecule has 1 aromatic carbocycles. The quantitative estimate of drug-likeness (QED) is 0.846. The Bertz CT molecular complexity index is 461. The molecule has 0 atom stereocenters. The van der Waals surface area contributed by atoms with Gasteiger partial charge in [-0.1, -0.05) is 30.3 Å². The lowest BCUT2D eigenvalue weighted by Gasteiger charge is -2.41. The van der Waals surface area contributed by atoms with E-state index in [2.05, 4.69) is 17.0 Å². The van der Waals surface area contributed by atoms with E-state index in [-0.39, 0.29) is 12.0 Å². The van der Waals surface area contributed by atoms with Crippen molar-refractivity contribution in [2.45, 2.75) is 57.8 Å². The zero-order chi connectivity index (χ0) is 15.5. The summed E-state index contributed by atoms with van der Waals surface area (Å²) in [5.74, 6) is -0.168. The Morgan fingerprint density at radius 3 is 2.43 bits per heavy atom. The van der Waals surface area contributed by atoms with Crippen LogP contribution in [-0.4, -0.2) is 35.1 Å². The highest BCUT2D eigenvalue weighted by atomic mass is 16.6. The number of benzene rings is 1. The minimum atomic E-state index is -0.439. The summed E-state index contributed by atoms with van der Waals surface area (Å²) >= 11 is 0. The molecular formula is C17H26N2O2. The molecule has 0 saturated heterocycles. The van der Waals surface area contributed by atoms with Crippen LogP contribution in [0.1, 0.15) is 39.2 Å². The zero-order valence-electron chi connectivity index (χ0n) is 13.2. The van der Waals surface area contributed by atoms with Gasteiger partial charge in [0.2, 0.25) is 0 Å². The van der Waals surface area contributed by atoms with Crippen molar-refractivity contribution in [3.8, 4) is 0 Å². The summed E-state index contributed by atoms with van der Waals surface area (Å²) in [6, 6.07) is 10.9. The van der Waals surface area contributed by atoms with Crippen LogP contribution in [0, 0.1) is 0 Å². The van der Waals surface area contributed by atoms with Gasteiger partial charge in [-0.15, -0.1) is 0 Å². The standard InChI is InChI=1S/C17H26N2O2/c1-17(2,3)21-16(20)12-19(15-9-14(18)10-15)11-13-7-5-4-6-8-13/h4-8,14-15H,9-12,18H2,1-3H3. The summed E-state index contributed by atoms with van der Waals surface area (Å²) in [4.78, 5) is 14.3. The third-order valence-corrected chi connectivity index (χ3v) is 3.65. The van der Waals surface area contributed by atoms with Crippen LogP contribution >= 0.6 is 0 Å². The fraction of sp³-hybridized carbons (Fsp3) is 0.588. The van der Waals surface area contributed by atoms with E-state index in [1.54, 1.807) is 0 Å². The second-order valence-electron chi connectivity index (χ2n) is 6.86. The fourth-order valence-corrected chi connectivity index (χ4v) is 2.60. The second-order valence-corrected chi connectivity index (χ2v) is 6.86. The van der Waals surface area contributed by atoms with Crippen LogP contribution in [0.25, 0.3) is 0 Å². The van der Waals surface area contributed by atoms with Gasteiger partial charge >= 0.3 is 5.97 Å². The van der Waals surface area contributed by atoms with Crippen molar-refractivity contribution in [2.75, 3.05) is 6.54 Å². The average Bonchev–Trinajstić information content (AvgIpc) is 2.33. The number of hydrogen-bond donors (Lipinski definition) is 1. The molecule has 0 amide bonds. The summed E-state index contributed by atoms with van der Waals surface area (Å²) in [6.07, 6.45) is 1.91. The maximum absolute atomic E-state index is 12.1. The van der Waals surface area contributed by atoms with Gasteiger partial charge in [0.15, 0.2) is 0 Å². The van der Waals surface area contributed by atoms with Crippen molar-refractivity contribution in [2.24, 2.45) is 5.73 Å². The van der Waals surface area contributed by atoms with Gasteiger partial charge in [-0.3, -0.25) is 9.69 Å². The highest BCUT2D eigenvalue weighted by Gasteiger charge is 2.33. The van der Waals surface area contributed by atoms with Crippen LogP contribution in [0.15, 0.2) is 30.3 Å². The van der Waals surface area contributed by atoms with Crippen LogP contribution in [0.2, 0.25) is 0 Å². The maximum Gasteiger partial charge on any atom is 0.320 e. The lowest BCUT2D eigenvalue weighted by Crippen LogP contribution is -2.52. The molecule has 0 heterocycles. The number of carbonyl (C=O) groups is 1. The van der Waals surface area contributed by atoms with Gasteiger partial charge in [0.05, 0.1) is 6.54 Å². The molecule has 1 aromatic rings. The van der Waals surface area contributed by atoms with Gasteiger partial charge in [0, 0.05) is 18.6 Å². The minimum absolute atomic E-state index is 0.168. The first-order valence-electron chi connectivity index (χ1n) is 7.59. The summed E-state index contributed by atoms with van der Waals surface area (Å²) in [5, 5.41) is 0. The smallest absolute Gasteiger partial charge is 0.320 e. The topological polar surface area (TPSA) is 55.6 Å². The predicted octanol–water partition coefficient (Wildman–Crippen LogP) is 2.32. The summed E-state index contributed by atoms with van der Waals surface area (Å²) < 4.78 is 5.44. The third-order valence-electron chi connectivity index (χ3n) is 3.65. The molecule has 1 aliphatic carbocycles. The van der Waals surface area contributed by atoms with Crippen molar-refractivity contribution in [3.05, 3.63) is 35.9 Å². The summed E-state index contributed by atoms with van der Waals surface area (Å²) in [6.45, 7) is 6.77. The lowest BCUT2D eigenvalue weighted by atomic mass is 9.86. The Morgan fingerprint density at radius 2 is 1.90 bits per heavy atom. The van der Waals surface area contributed by atoms with Crippen LogP contribution in [0.3, 0.4) is 0 Å². The number of nitrogens with zero attached hydrogens (tertiary/aromatic N) is 1. The Hall–Kier alpha value is -1.39. The summed E-state index contributed by atoms with van der Waals surface area (Å²) in [5.41, 5.74) is 6.66. The van der Waals surface area contributed by atoms with E-state index in [1.807, 2.05) is 39.0 Å². The molecule has 2 rings (SSSR count). The van der Waals surface area contributed by atoms with Crippen molar-refractivity contribution in [1.82, 2.24) is 4.90 Å². The third kappa shape index (κ3) is 5.14. The first kappa shape index (κ1) is 16.0.